The molecule has 5 heteroatoms. The van der Waals surface area contributed by atoms with Gasteiger partial charge in [-0.25, -0.2) is 0 Å². The van der Waals surface area contributed by atoms with Gasteiger partial charge in [0.05, 0.1) is 12.7 Å². The molecule has 1 aromatic heterocycles. The number of hydrogen-bond donors (Lipinski definition) is 0. The van der Waals surface area contributed by atoms with Gasteiger partial charge in [-0.05, 0) is 25.1 Å². The minimum atomic E-state index is 0.194. The van der Waals surface area contributed by atoms with Gasteiger partial charge in [0, 0.05) is 45.3 Å². The SMILES string of the molecule is CCN1CCN(C2CCN(C(=O)Cc3ccco3)C2)CC1. The van der Waals surface area contributed by atoms with Crippen LogP contribution in [0.2, 0.25) is 0 Å². The third kappa shape index (κ3) is 3.47. The fourth-order valence-corrected chi connectivity index (χ4v) is 3.39. The molecule has 3 heterocycles. The fourth-order valence-electron chi connectivity index (χ4n) is 3.39. The van der Waals surface area contributed by atoms with Gasteiger partial charge >= 0.3 is 0 Å². The number of carbonyl (C=O) groups excluding carboxylic acids is 1. The number of likely N-dealkylation sites (N-methyl/N-ethyl adjacent to an activating group) is 1. The van der Waals surface area contributed by atoms with Crippen LogP contribution in [0.5, 0.6) is 0 Å². The summed E-state index contributed by atoms with van der Waals surface area (Å²) >= 11 is 0. The predicted octanol–water partition coefficient (Wildman–Crippen LogP) is 1.06. The quantitative estimate of drug-likeness (QED) is 0.832. The Bertz CT molecular complexity index is 452. The molecule has 1 aromatic rings. The molecular weight excluding hydrogens is 266 g/mol. The summed E-state index contributed by atoms with van der Waals surface area (Å²) in [5.41, 5.74) is 0. The van der Waals surface area contributed by atoms with Crippen LogP contribution in [0, 0.1) is 0 Å². The van der Waals surface area contributed by atoms with Crippen molar-refractivity contribution in [3.05, 3.63) is 24.2 Å². The molecule has 0 aromatic carbocycles. The fraction of sp³-hybridized carbons (Fsp3) is 0.688. The van der Waals surface area contributed by atoms with Crippen LogP contribution in [0.1, 0.15) is 19.1 Å². The lowest BCUT2D eigenvalue weighted by atomic mass is 10.2. The maximum absolute atomic E-state index is 12.3. The molecule has 5 nitrogen and oxygen atoms in total. The summed E-state index contributed by atoms with van der Waals surface area (Å²) < 4.78 is 5.27. The molecule has 0 aliphatic carbocycles. The summed E-state index contributed by atoms with van der Waals surface area (Å²) in [6, 6.07) is 4.25. The molecule has 0 bridgehead atoms. The first kappa shape index (κ1) is 14.6. The highest BCUT2D eigenvalue weighted by Crippen LogP contribution is 2.18. The maximum Gasteiger partial charge on any atom is 0.230 e. The second kappa shape index (κ2) is 6.62. The van der Waals surface area contributed by atoms with E-state index in [4.69, 9.17) is 4.42 Å². The van der Waals surface area contributed by atoms with Gasteiger partial charge in [-0.2, -0.15) is 0 Å². The van der Waals surface area contributed by atoms with E-state index in [0.717, 1.165) is 58.0 Å². The van der Waals surface area contributed by atoms with Crippen molar-refractivity contribution in [1.29, 1.82) is 0 Å². The number of piperazine rings is 1. The molecule has 0 N–H and O–H groups in total. The van der Waals surface area contributed by atoms with Gasteiger partial charge < -0.3 is 14.2 Å². The van der Waals surface area contributed by atoms with Gasteiger partial charge in [0.15, 0.2) is 0 Å². The second-order valence-corrected chi connectivity index (χ2v) is 6.01. The number of hydrogen-bond acceptors (Lipinski definition) is 4. The van der Waals surface area contributed by atoms with Gasteiger partial charge in [0.1, 0.15) is 5.76 Å². The lowest BCUT2D eigenvalue weighted by Crippen LogP contribution is -2.51. The molecule has 1 atom stereocenters. The molecule has 1 unspecified atom stereocenters. The van der Waals surface area contributed by atoms with Crippen LogP contribution in [-0.2, 0) is 11.2 Å². The van der Waals surface area contributed by atoms with Gasteiger partial charge in [0.25, 0.3) is 0 Å². The van der Waals surface area contributed by atoms with Crippen LogP contribution in [0.15, 0.2) is 22.8 Å². The van der Waals surface area contributed by atoms with Crippen molar-refractivity contribution in [3.63, 3.8) is 0 Å². The lowest BCUT2D eigenvalue weighted by Gasteiger charge is -2.37. The maximum atomic E-state index is 12.3. The van der Waals surface area contributed by atoms with Crippen molar-refractivity contribution in [2.75, 3.05) is 45.8 Å². The van der Waals surface area contributed by atoms with Crippen LogP contribution in [0.3, 0.4) is 0 Å². The highest BCUT2D eigenvalue weighted by atomic mass is 16.3. The standard InChI is InChI=1S/C16H25N3O2/c1-2-17-7-9-18(10-8-17)14-5-6-19(13-14)16(20)12-15-4-3-11-21-15/h3-4,11,14H,2,5-10,12-13H2,1H3. The van der Waals surface area contributed by atoms with Crippen LogP contribution >= 0.6 is 0 Å². The van der Waals surface area contributed by atoms with Crippen molar-refractivity contribution in [3.8, 4) is 0 Å². The van der Waals surface area contributed by atoms with E-state index in [-0.39, 0.29) is 5.91 Å². The number of nitrogens with zero attached hydrogens (tertiary/aromatic N) is 3. The Labute approximate surface area is 126 Å². The average Bonchev–Trinajstić information content (AvgIpc) is 3.18. The zero-order valence-corrected chi connectivity index (χ0v) is 12.8. The Kier molecular flexibility index (Phi) is 4.60. The molecule has 2 aliphatic rings. The van der Waals surface area contributed by atoms with Gasteiger partial charge in [-0.3, -0.25) is 9.69 Å². The Morgan fingerprint density at radius 3 is 2.76 bits per heavy atom. The molecule has 0 radical (unpaired) electrons. The van der Waals surface area contributed by atoms with E-state index in [1.54, 1.807) is 6.26 Å². The van der Waals surface area contributed by atoms with E-state index >= 15 is 0 Å². The largest absolute Gasteiger partial charge is 0.469 e. The number of carbonyl (C=O) groups is 1. The van der Waals surface area contributed by atoms with E-state index in [2.05, 4.69) is 16.7 Å². The Morgan fingerprint density at radius 2 is 2.10 bits per heavy atom. The number of amides is 1. The average molecular weight is 291 g/mol. The molecule has 2 saturated heterocycles. The van der Waals surface area contributed by atoms with Crippen molar-refractivity contribution in [2.24, 2.45) is 0 Å². The molecule has 21 heavy (non-hydrogen) atoms. The van der Waals surface area contributed by atoms with E-state index in [9.17, 15) is 4.79 Å². The van der Waals surface area contributed by atoms with Crippen molar-refractivity contribution in [2.45, 2.75) is 25.8 Å². The number of furan rings is 1. The molecule has 116 valence electrons. The monoisotopic (exact) mass is 291 g/mol. The Balaban J connectivity index is 1.48. The van der Waals surface area contributed by atoms with Crippen molar-refractivity contribution >= 4 is 5.91 Å². The first-order valence-electron chi connectivity index (χ1n) is 8.03. The second-order valence-electron chi connectivity index (χ2n) is 6.01. The van der Waals surface area contributed by atoms with Crippen LogP contribution in [0.4, 0.5) is 0 Å². The topological polar surface area (TPSA) is 39.9 Å². The van der Waals surface area contributed by atoms with Gasteiger partial charge in [-0.15, -0.1) is 0 Å². The van der Waals surface area contributed by atoms with E-state index < -0.39 is 0 Å². The zero-order valence-electron chi connectivity index (χ0n) is 12.8. The summed E-state index contributed by atoms with van der Waals surface area (Å²) in [6.45, 7) is 9.73. The van der Waals surface area contributed by atoms with Crippen LogP contribution in [-0.4, -0.2) is 72.5 Å². The third-order valence-corrected chi connectivity index (χ3v) is 4.79. The van der Waals surface area contributed by atoms with Gasteiger partial charge in [-0.1, -0.05) is 6.92 Å². The first-order valence-corrected chi connectivity index (χ1v) is 8.03. The zero-order chi connectivity index (χ0) is 14.7. The Morgan fingerprint density at radius 1 is 1.29 bits per heavy atom. The van der Waals surface area contributed by atoms with Crippen LogP contribution in [0.25, 0.3) is 0 Å². The predicted molar refractivity (Wildman–Crippen MR) is 81.1 cm³/mol. The lowest BCUT2D eigenvalue weighted by molar-refractivity contribution is -0.129. The smallest absolute Gasteiger partial charge is 0.230 e. The third-order valence-electron chi connectivity index (χ3n) is 4.79. The number of rotatable bonds is 4. The molecule has 2 fully saturated rings. The van der Waals surface area contributed by atoms with E-state index in [1.807, 2.05) is 17.0 Å². The summed E-state index contributed by atoms with van der Waals surface area (Å²) in [4.78, 5) is 19.3. The van der Waals surface area contributed by atoms with E-state index in [1.165, 1.54) is 0 Å². The normalized spacial score (nSPS) is 24.6. The molecule has 1 amide bonds. The summed E-state index contributed by atoms with van der Waals surface area (Å²) in [7, 11) is 0. The van der Waals surface area contributed by atoms with Crippen LogP contribution < -0.4 is 0 Å². The van der Waals surface area contributed by atoms with Crippen molar-refractivity contribution < 1.29 is 9.21 Å². The highest BCUT2D eigenvalue weighted by Gasteiger charge is 2.31. The molecular formula is C16H25N3O2. The number of likely N-dealkylation sites (tertiary alicyclic amines) is 1. The van der Waals surface area contributed by atoms with Gasteiger partial charge in [0.2, 0.25) is 5.91 Å². The van der Waals surface area contributed by atoms with E-state index in [0.29, 0.717) is 12.5 Å². The summed E-state index contributed by atoms with van der Waals surface area (Å²) in [6.07, 6.45) is 3.13. The minimum Gasteiger partial charge on any atom is -0.469 e. The molecule has 0 spiro atoms. The molecule has 3 rings (SSSR count). The first-order chi connectivity index (χ1) is 10.3. The summed E-state index contributed by atoms with van der Waals surface area (Å²) in [5, 5.41) is 0. The van der Waals surface area contributed by atoms with Crippen molar-refractivity contribution in [1.82, 2.24) is 14.7 Å². The minimum absolute atomic E-state index is 0.194. The summed E-state index contributed by atoms with van der Waals surface area (Å²) in [5.74, 6) is 0.958. The molecule has 2 aliphatic heterocycles. The Hall–Kier alpha value is -1.33. The molecule has 0 saturated carbocycles. The highest BCUT2D eigenvalue weighted by molar-refractivity contribution is 5.78.